The van der Waals surface area contributed by atoms with E-state index in [2.05, 4.69) is 15.0 Å². The summed E-state index contributed by atoms with van der Waals surface area (Å²) in [6, 6.07) is 3.20. The van der Waals surface area contributed by atoms with Crippen LogP contribution in [0, 0.1) is 5.92 Å². The molecule has 1 aliphatic carbocycles. The Hall–Kier alpha value is -2.64. The number of carbonyl (C=O) groups excluding carboxylic acids is 3. The lowest BCUT2D eigenvalue weighted by Gasteiger charge is -2.27. The summed E-state index contributed by atoms with van der Waals surface area (Å²) in [6.07, 6.45) is 4.35. The normalized spacial score (nSPS) is 19.9. The molecule has 8 heteroatoms. The molecular formula is C16H20N2O6. The SMILES string of the molecule is COC(=O)C(=O)Nc1ccc(OC2CCC(C(=O)OC)CC2)nc1. The van der Waals surface area contributed by atoms with Gasteiger partial charge in [-0.1, -0.05) is 0 Å². The summed E-state index contributed by atoms with van der Waals surface area (Å²) in [4.78, 5) is 38.0. The number of rotatable bonds is 4. The number of methoxy groups -OCH3 is 2. The van der Waals surface area contributed by atoms with Gasteiger partial charge in [0.1, 0.15) is 6.10 Å². The van der Waals surface area contributed by atoms with Crippen molar-refractivity contribution in [3.63, 3.8) is 0 Å². The first-order chi connectivity index (χ1) is 11.5. The van der Waals surface area contributed by atoms with Crippen LogP contribution in [0.5, 0.6) is 5.88 Å². The molecule has 24 heavy (non-hydrogen) atoms. The molecule has 0 saturated heterocycles. The number of nitrogens with zero attached hydrogens (tertiary/aromatic N) is 1. The number of carbonyl (C=O) groups is 3. The van der Waals surface area contributed by atoms with Crippen LogP contribution in [0.25, 0.3) is 0 Å². The molecule has 0 atom stereocenters. The second-order valence-corrected chi connectivity index (χ2v) is 5.45. The van der Waals surface area contributed by atoms with Crippen LogP contribution < -0.4 is 10.1 Å². The quantitative estimate of drug-likeness (QED) is 0.653. The summed E-state index contributed by atoms with van der Waals surface area (Å²) in [5, 5.41) is 2.37. The molecule has 1 saturated carbocycles. The zero-order valence-electron chi connectivity index (χ0n) is 13.6. The number of amides is 1. The standard InChI is InChI=1S/C16H20N2O6/c1-22-15(20)10-3-6-12(7-4-10)24-13-8-5-11(9-17-13)18-14(19)16(21)23-2/h5,8-10,12H,3-4,6-7H2,1-2H3,(H,18,19). The second kappa shape index (κ2) is 8.28. The number of ether oxygens (including phenoxy) is 3. The van der Waals surface area contributed by atoms with Gasteiger partial charge < -0.3 is 19.5 Å². The smallest absolute Gasteiger partial charge is 0.396 e. The topological polar surface area (TPSA) is 104 Å². The summed E-state index contributed by atoms with van der Waals surface area (Å²) in [6.45, 7) is 0. The number of hydrogen-bond donors (Lipinski definition) is 1. The summed E-state index contributed by atoms with van der Waals surface area (Å²) in [5.74, 6) is -1.64. The van der Waals surface area contributed by atoms with Crippen LogP contribution in [0.15, 0.2) is 18.3 Å². The van der Waals surface area contributed by atoms with Crippen molar-refractivity contribution in [2.45, 2.75) is 31.8 Å². The minimum absolute atomic E-state index is 0.00563. The Morgan fingerprint density at radius 3 is 2.33 bits per heavy atom. The minimum Gasteiger partial charge on any atom is -0.474 e. The highest BCUT2D eigenvalue weighted by molar-refractivity contribution is 6.37. The number of pyridine rings is 1. The Morgan fingerprint density at radius 2 is 1.79 bits per heavy atom. The zero-order chi connectivity index (χ0) is 17.5. The molecule has 1 N–H and O–H groups in total. The van der Waals surface area contributed by atoms with Crippen LogP contribution in [0.2, 0.25) is 0 Å². The van der Waals surface area contributed by atoms with Crippen molar-refractivity contribution in [2.75, 3.05) is 19.5 Å². The molecule has 0 unspecified atom stereocenters. The van der Waals surface area contributed by atoms with Gasteiger partial charge in [0.15, 0.2) is 0 Å². The van der Waals surface area contributed by atoms with E-state index in [0.717, 1.165) is 32.8 Å². The van der Waals surface area contributed by atoms with E-state index in [0.29, 0.717) is 11.6 Å². The van der Waals surface area contributed by atoms with Gasteiger partial charge in [-0.2, -0.15) is 0 Å². The first kappa shape index (κ1) is 17.7. The average Bonchev–Trinajstić information content (AvgIpc) is 2.62. The number of aromatic nitrogens is 1. The highest BCUT2D eigenvalue weighted by atomic mass is 16.5. The van der Waals surface area contributed by atoms with Crippen molar-refractivity contribution < 1.29 is 28.6 Å². The highest BCUT2D eigenvalue weighted by Crippen LogP contribution is 2.28. The molecule has 0 bridgehead atoms. The fourth-order valence-corrected chi connectivity index (χ4v) is 2.55. The van der Waals surface area contributed by atoms with Gasteiger partial charge in [-0.25, -0.2) is 9.78 Å². The maximum absolute atomic E-state index is 11.5. The second-order valence-electron chi connectivity index (χ2n) is 5.45. The molecule has 0 aliphatic heterocycles. The summed E-state index contributed by atoms with van der Waals surface area (Å²) in [5.41, 5.74) is 0.368. The van der Waals surface area contributed by atoms with Crippen LogP contribution in [0.3, 0.4) is 0 Å². The predicted molar refractivity (Wildman–Crippen MR) is 83.3 cm³/mol. The zero-order valence-corrected chi connectivity index (χ0v) is 13.6. The van der Waals surface area contributed by atoms with Gasteiger partial charge >= 0.3 is 17.8 Å². The lowest BCUT2D eigenvalue weighted by Crippen LogP contribution is -2.28. The van der Waals surface area contributed by atoms with E-state index in [-0.39, 0.29) is 18.0 Å². The highest BCUT2D eigenvalue weighted by Gasteiger charge is 2.28. The van der Waals surface area contributed by atoms with E-state index < -0.39 is 11.9 Å². The minimum atomic E-state index is -0.974. The van der Waals surface area contributed by atoms with Crippen molar-refractivity contribution in [1.29, 1.82) is 0 Å². The van der Waals surface area contributed by atoms with Crippen LogP contribution in [-0.4, -0.2) is 43.2 Å². The van der Waals surface area contributed by atoms with Gasteiger partial charge in [-0.3, -0.25) is 9.59 Å². The summed E-state index contributed by atoms with van der Waals surface area (Å²) >= 11 is 0. The van der Waals surface area contributed by atoms with E-state index in [1.54, 1.807) is 12.1 Å². The fraction of sp³-hybridized carbons (Fsp3) is 0.500. The molecule has 1 aromatic rings. The summed E-state index contributed by atoms with van der Waals surface area (Å²) < 4.78 is 14.8. The lowest BCUT2D eigenvalue weighted by molar-refractivity contribution is -0.150. The van der Waals surface area contributed by atoms with E-state index in [9.17, 15) is 14.4 Å². The Balaban J connectivity index is 1.83. The molecule has 0 radical (unpaired) electrons. The summed E-state index contributed by atoms with van der Waals surface area (Å²) in [7, 11) is 2.53. The third kappa shape index (κ3) is 4.68. The van der Waals surface area contributed by atoms with E-state index in [1.165, 1.54) is 13.3 Å². The van der Waals surface area contributed by atoms with E-state index >= 15 is 0 Å². The molecule has 2 rings (SSSR count). The maximum atomic E-state index is 11.5. The fourth-order valence-electron chi connectivity index (χ4n) is 2.55. The van der Waals surface area contributed by atoms with Gasteiger partial charge in [0.25, 0.3) is 0 Å². The van der Waals surface area contributed by atoms with Gasteiger partial charge in [-0.05, 0) is 31.7 Å². The predicted octanol–water partition coefficient (Wildman–Crippen LogP) is 1.30. The molecule has 1 amide bonds. The van der Waals surface area contributed by atoms with Crippen LogP contribution in [0.1, 0.15) is 25.7 Å². The largest absolute Gasteiger partial charge is 0.474 e. The molecule has 1 heterocycles. The van der Waals surface area contributed by atoms with Crippen LogP contribution in [-0.2, 0) is 23.9 Å². The number of anilines is 1. The maximum Gasteiger partial charge on any atom is 0.396 e. The Labute approximate surface area is 139 Å². The first-order valence-corrected chi connectivity index (χ1v) is 7.63. The van der Waals surface area contributed by atoms with Gasteiger partial charge in [0, 0.05) is 6.07 Å². The van der Waals surface area contributed by atoms with Crippen molar-refractivity contribution in [1.82, 2.24) is 4.98 Å². The number of hydrogen-bond acceptors (Lipinski definition) is 7. The van der Waals surface area contributed by atoms with E-state index in [4.69, 9.17) is 9.47 Å². The first-order valence-electron chi connectivity index (χ1n) is 7.63. The number of nitrogens with one attached hydrogen (secondary N) is 1. The molecule has 0 aromatic carbocycles. The third-order valence-corrected chi connectivity index (χ3v) is 3.86. The van der Waals surface area contributed by atoms with Crippen LogP contribution >= 0.6 is 0 Å². The van der Waals surface area contributed by atoms with Gasteiger partial charge in [0.05, 0.1) is 32.0 Å². The molecule has 1 aromatic heterocycles. The number of esters is 2. The Kier molecular flexibility index (Phi) is 6.11. The molecule has 1 aliphatic rings. The Morgan fingerprint density at radius 1 is 1.08 bits per heavy atom. The average molecular weight is 336 g/mol. The molecule has 0 spiro atoms. The van der Waals surface area contributed by atoms with Crippen molar-refractivity contribution in [2.24, 2.45) is 5.92 Å². The third-order valence-electron chi connectivity index (χ3n) is 3.86. The van der Waals surface area contributed by atoms with Crippen molar-refractivity contribution in [3.05, 3.63) is 18.3 Å². The van der Waals surface area contributed by atoms with Crippen LogP contribution in [0.4, 0.5) is 5.69 Å². The lowest BCUT2D eigenvalue weighted by atomic mass is 9.87. The monoisotopic (exact) mass is 336 g/mol. The molecule has 8 nitrogen and oxygen atoms in total. The molecular weight excluding hydrogens is 316 g/mol. The van der Waals surface area contributed by atoms with Crippen molar-refractivity contribution >= 4 is 23.5 Å². The molecule has 1 fully saturated rings. The Bertz CT molecular complexity index is 593. The van der Waals surface area contributed by atoms with Gasteiger partial charge in [0.2, 0.25) is 5.88 Å². The van der Waals surface area contributed by atoms with E-state index in [1.807, 2.05) is 0 Å². The van der Waals surface area contributed by atoms with Crippen molar-refractivity contribution in [3.8, 4) is 5.88 Å². The molecule has 130 valence electrons. The van der Waals surface area contributed by atoms with Gasteiger partial charge in [-0.15, -0.1) is 0 Å².